The Kier molecular flexibility index (Phi) is 4.82. The van der Waals surface area contributed by atoms with Gasteiger partial charge in [0.1, 0.15) is 6.10 Å². The Labute approximate surface area is 133 Å². The lowest BCUT2D eigenvalue weighted by Gasteiger charge is -2.28. The maximum Gasteiger partial charge on any atom is 0.256 e. The van der Waals surface area contributed by atoms with Crippen LogP contribution in [0.25, 0.3) is 0 Å². The zero-order valence-corrected chi connectivity index (χ0v) is 13.3. The highest BCUT2D eigenvalue weighted by Crippen LogP contribution is 2.19. The van der Waals surface area contributed by atoms with Crippen LogP contribution in [0.2, 0.25) is 0 Å². The lowest BCUT2D eigenvalue weighted by atomic mass is 10.1. The fourth-order valence-corrected chi connectivity index (χ4v) is 3.09. The summed E-state index contributed by atoms with van der Waals surface area (Å²) in [6, 6.07) is 10.2. The molecule has 0 aliphatic carbocycles. The van der Waals surface area contributed by atoms with E-state index in [-0.39, 0.29) is 5.91 Å². The molecule has 0 spiro atoms. The molecule has 3 rings (SSSR count). The molecule has 1 atom stereocenters. The van der Waals surface area contributed by atoms with Gasteiger partial charge in [-0.2, -0.15) is 0 Å². The minimum atomic E-state index is -0.416. The minimum Gasteiger partial charge on any atom is -0.366 e. The Balaban J connectivity index is 1.58. The number of hydrogen-bond acceptors (Lipinski definition) is 5. The lowest BCUT2D eigenvalue weighted by molar-refractivity contribution is -0.132. The molecule has 0 radical (unpaired) electrons. The Bertz CT molecular complexity index is 629. The molecule has 1 saturated heterocycles. The third-order valence-electron chi connectivity index (χ3n) is 3.57. The van der Waals surface area contributed by atoms with Gasteiger partial charge in [0.15, 0.2) is 5.13 Å². The van der Waals surface area contributed by atoms with Crippen molar-refractivity contribution in [2.24, 2.45) is 0 Å². The van der Waals surface area contributed by atoms with Crippen LogP contribution in [0.5, 0.6) is 0 Å². The minimum absolute atomic E-state index is 0.118. The number of carbonyl (C=O) groups is 1. The second-order valence-corrected chi connectivity index (χ2v) is 6.28. The van der Waals surface area contributed by atoms with Crippen LogP contribution in [0.1, 0.15) is 11.3 Å². The van der Waals surface area contributed by atoms with Crippen LogP contribution in [0.3, 0.4) is 0 Å². The van der Waals surface area contributed by atoms with Gasteiger partial charge in [0, 0.05) is 24.9 Å². The quantitative estimate of drug-likeness (QED) is 0.937. The van der Waals surface area contributed by atoms with Gasteiger partial charge in [-0.05, 0) is 12.6 Å². The average Bonchev–Trinajstić information content (AvgIpc) is 2.95. The summed E-state index contributed by atoms with van der Waals surface area (Å²) in [5, 5.41) is 5.47. The first-order chi connectivity index (χ1) is 10.7. The fourth-order valence-electron chi connectivity index (χ4n) is 2.37. The molecule has 1 N–H and O–H groups in total. The van der Waals surface area contributed by atoms with Gasteiger partial charge in [0.2, 0.25) is 0 Å². The number of rotatable bonds is 4. The maximum absolute atomic E-state index is 12.2. The highest BCUT2D eigenvalue weighted by molar-refractivity contribution is 7.13. The average molecular weight is 317 g/mol. The first-order valence-corrected chi connectivity index (χ1v) is 8.18. The molecule has 1 amide bonds. The molecule has 116 valence electrons. The third kappa shape index (κ3) is 3.91. The van der Waals surface area contributed by atoms with E-state index in [2.05, 4.69) is 27.3 Å². The number of likely N-dealkylation sites (N-methyl/N-ethyl adjacent to an activating group) is 1. The monoisotopic (exact) mass is 317 g/mol. The van der Waals surface area contributed by atoms with Crippen LogP contribution < -0.4 is 5.32 Å². The Morgan fingerprint density at radius 3 is 3.05 bits per heavy atom. The van der Waals surface area contributed by atoms with Gasteiger partial charge in [0.05, 0.1) is 12.3 Å². The molecule has 0 unspecified atom stereocenters. The third-order valence-corrected chi connectivity index (χ3v) is 4.38. The molecular formula is C16H19N3O2S. The highest BCUT2D eigenvalue weighted by atomic mass is 32.1. The van der Waals surface area contributed by atoms with Gasteiger partial charge in [-0.3, -0.25) is 10.1 Å². The summed E-state index contributed by atoms with van der Waals surface area (Å²) < 4.78 is 5.51. The van der Waals surface area contributed by atoms with Crippen LogP contribution in [-0.4, -0.2) is 48.6 Å². The summed E-state index contributed by atoms with van der Waals surface area (Å²) in [6.07, 6.45) is 0.357. The highest BCUT2D eigenvalue weighted by Gasteiger charge is 2.25. The molecule has 5 nitrogen and oxygen atoms in total. The summed E-state index contributed by atoms with van der Waals surface area (Å²) in [5.41, 5.74) is 2.18. The van der Waals surface area contributed by atoms with Crippen molar-refractivity contribution in [3.05, 3.63) is 47.0 Å². The van der Waals surface area contributed by atoms with E-state index in [9.17, 15) is 4.79 Å². The van der Waals surface area contributed by atoms with Crippen molar-refractivity contribution in [3.8, 4) is 0 Å². The van der Waals surface area contributed by atoms with Crippen LogP contribution in [0, 0.1) is 0 Å². The number of thiazole rings is 1. The number of aromatic nitrogens is 1. The Hall–Kier alpha value is -1.76. The molecule has 2 aromatic rings. The SMILES string of the molecule is CN1CCO[C@@H](C(=O)Nc2nc(Cc3ccccc3)cs2)C1. The van der Waals surface area contributed by atoms with E-state index in [1.54, 1.807) is 0 Å². The Morgan fingerprint density at radius 1 is 1.45 bits per heavy atom. The van der Waals surface area contributed by atoms with Gasteiger partial charge in [-0.15, -0.1) is 11.3 Å². The van der Waals surface area contributed by atoms with Gasteiger partial charge < -0.3 is 9.64 Å². The second kappa shape index (κ2) is 7.00. The number of anilines is 1. The summed E-state index contributed by atoms with van der Waals surface area (Å²) in [5.74, 6) is -0.118. The van der Waals surface area contributed by atoms with Crippen molar-refractivity contribution < 1.29 is 9.53 Å². The zero-order valence-electron chi connectivity index (χ0n) is 12.5. The number of nitrogens with one attached hydrogen (secondary N) is 1. The van der Waals surface area contributed by atoms with Crippen molar-refractivity contribution in [2.45, 2.75) is 12.5 Å². The maximum atomic E-state index is 12.2. The first kappa shape index (κ1) is 15.1. The van der Waals surface area contributed by atoms with Crippen molar-refractivity contribution in [2.75, 3.05) is 32.1 Å². The van der Waals surface area contributed by atoms with E-state index in [1.165, 1.54) is 16.9 Å². The van der Waals surface area contributed by atoms with Crippen molar-refractivity contribution >= 4 is 22.4 Å². The number of amides is 1. The molecular weight excluding hydrogens is 298 g/mol. The molecule has 0 bridgehead atoms. The van der Waals surface area contributed by atoms with E-state index >= 15 is 0 Å². The number of morpholine rings is 1. The van der Waals surface area contributed by atoms with Crippen LogP contribution in [0.15, 0.2) is 35.7 Å². The fraction of sp³-hybridized carbons (Fsp3) is 0.375. The summed E-state index contributed by atoms with van der Waals surface area (Å²) in [7, 11) is 1.99. The second-order valence-electron chi connectivity index (χ2n) is 5.42. The summed E-state index contributed by atoms with van der Waals surface area (Å²) in [4.78, 5) is 18.8. The smallest absolute Gasteiger partial charge is 0.256 e. The zero-order chi connectivity index (χ0) is 15.4. The van der Waals surface area contributed by atoms with E-state index in [1.807, 2.05) is 30.6 Å². The van der Waals surface area contributed by atoms with Crippen LogP contribution in [-0.2, 0) is 16.0 Å². The number of ether oxygens (including phenoxy) is 1. The molecule has 6 heteroatoms. The Morgan fingerprint density at radius 2 is 2.27 bits per heavy atom. The van der Waals surface area contributed by atoms with Crippen molar-refractivity contribution in [3.63, 3.8) is 0 Å². The number of benzene rings is 1. The molecule has 2 heterocycles. The van der Waals surface area contributed by atoms with E-state index < -0.39 is 6.10 Å². The molecule has 1 fully saturated rings. The lowest BCUT2D eigenvalue weighted by Crippen LogP contribution is -2.46. The van der Waals surface area contributed by atoms with Gasteiger partial charge in [-0.1, -0.05) is 30.3 Å². The topological polar surface area (TPSA) is 54.5 Å². The van der Waals surface area contributed by atoms with E-state index in [4.69, 9.17) is 4.74 Å². The number of nitrogens with zero attached hydrogens (tertiary/aromatic N) is 2. The van der Waals surface area contributed by atoms with Crippen molar-refractivity contribution in [1.29, 1.82) is 0 Å². The summed E-state index contributed by atoms with van der Waals surface area (Å²) >= 11 is 1.45. The molecule has 0 saturated carbocycles. The van der Waals surface area contributed by atoms with E-state index in [0.29, 0.717) is 18.3 Å². The molecule has 1 aliphatic heterocycles. The van der Waals surface area contributed by atoms with Gasteiger partial charge in [-0.25, -0.2) is 4.98 Å². The molecule has 1 aromatic carbocycles. The largest absolute Gasteiger partial charge is 0.366 e. The molecule has 1 aliphatic rings. The van der Waals surface area contributed by atoms with E-state index in [0.717, 1.165) is 18.7 Å². The molecule has 1 aromatic heterocycles. The van der Waals surface area contributed by atoms with Gasteiger partial charge in [0.25, 0.3) is 5.91 Å². The first-order valence-electron chi connectivity index (χ1n) is 7.30. The van der Waals surface area contributed by atoms with Crippen molar-refractivity contribution in [1.82, 2.24) is 9.88 Å². The molecule has 22 heavy (non-hydrogen) atoms. The van der Waals surface area contributed by atoms with Crippen LogP contribution in [0.4, 0.5) is 5.13 Å². The standard InChI is InChI=1S/C16H19N3O2S/c1-19-7-8-21-14(10-19)15(20)18-16-17-13(11-22-16)9-12-5-3-2-4-6-12/h2-6,11,14H,7-10H2,1H3,(H,17,18,20)/t14-/m1/s1. The van der Waals surface area contributed by atoms with Gasteiger partial charge >= 0.3 is 0 Å². The number of hydrogen-bond donors (Lipinski definition) is 1. The number of carbonyl (C=O) groups excluding carboxylic acids is 1. The predicted molar refractivity (Wildman–Crippen MR) is 87.2 cm³/mol. The predicted octanol–water partition coefficient (Wildman–Crippen LogP) is 2.00. The summed E-state index contributed by atoms with van der Waals surface area (Å²) in [6.45, 7) is 2.07. The van der Waals surface area contributed by atoms with Crippen LogP contribution >= 0.6 is 11.3 Å². The normalized spacial score (nSPS) is 19.0.